The molecule has 2 atom stereocenters. The summed E-state index contributed by atoms with van der Waals surface area (Å²) in [6.07, 6.45) is 3.43. The Labute approximate surface area is 95.6 Å². The fourth-order valence-corrected chi connectivity index (χ4v) is 2.38. The average Bonchev–Trinajstić information content (AvgIpc) is 2.29. The van der Waals surface area contributed by atoms with Crippen LogP contribution in [0.1, 0.15) is 31.2 Å². The zero-order valence-corrected chi connectivity index (χ0v) is 9.35. The minimum atomic E-state index is -0.933. The summed E-state index contributed by atoms with van der Waals surface area (Å²) in [4.78, 5) is 11.1. The van der Waals surface area contributed by atoms with Gasteiger partial charge in [-0.2, -0.15) is 0 Å². The summed E-state index contributed by atoms with van der Waals surface area (Å²) in [5.41, 5.74) is 2.37. The van der Waals surface area contributed by atoms with Gasteiger partial charge in [-0.3, -0.25) is 0 Å². The van der Waals surface area contributed by atoms with E-state index in [2.05, 4.69) is 6.92 Å². The molecule has 2 nitrogen and oxygen atoms in total. The number of carboxylic acid groups (broad SMARTS) is 1. The largest absolute Gasteiger partial charge is 0.550 e. The molecule has 0 radical (unpaired) electrons. The van der Waals surface area contributed by atoms with Crippen LogP contribution in [0.3, 0.4) is 0 Å². The van der Waals surface area contributed by atoms with Crippen LogP contribution in [-0.2, 0) is 4.79 Å². The first-order valence-corrected chi connectivity index (χ1v) is 5.60. The second-order valence-corrected chi connectivity index (χ2v) is 4.43. The zero-order valence-electron chi connectivity index (χ0n) is 9.35. The summed E-state index contributed by atoms with van der Waals surface area (Å²) in [5.74, 6) is -1.25. The number of rotatable bonds is 2. The smallest absolute Gasteiger partial charge is 0.0454 e. The highest BCUT2D eigenvalue weighted by Gasteiger charge is 2.26. The van der Waals surface area contributed by atoms with Crippen LogP contribution in [0, 0.1) is 5.92 Å². The highest BCUT2D eigenvalue weighted by molar-refractivity contribution is 5.70. The van der Waals surface area contributed by atoms with Gasteiger partial charge in [-0.05, 0) is 31.2 Å². The Balaban J connectivity index is 2.30. The number of hydrogen-bond acceptors (Lipinski definition) is 2. The molecule has 0 bridgehead atoms. The molecule has 0 fully saturated rings. The van der Waals surface area contributed by atoms with Crippen LogP contribution in [0.4, 0.5) is 0 Å². The van der Waals surface area contributed by atoms with Crippen LogP contribution >= 0.6 is 0 Å². The Kier molecular flexibility index (Phi) is 3.09. The molecule has 0 saturated heterocycles. The van der Waals surface area contributed by atoms with Crippen molar-refractivity contribution in [3.8, 4) is 0 Å². The molecule has 0 saturated carbocycles. The van der Waals surface area contributed by atoms with Crippen molar-refractivity contribution in [2.75, 3.05) is 0 Å². The Morgan fingerprint density at radius 1 is 1.31 bits per heavy atom. The number of carboxylic acids is 1. The van der Waals surface area contributed by atoms with Gasteiger partial charge < -0.3 is 9.90 Å². The van der Waals surface area contributed by atoms with Crippen molar-refractivity contribution in [3.05, 3.63) is 47.5 Å². The normalized spacial score (nSPS) is 24.9. The van der Waals surface area contributed by atoms with Gasteiger partial charge in [0.2, 0.25) is 0 Å². The van der Waals surface area contributed by atoms with Crippen molar-refractivity contribution >= 4 is 5.97 Å². The third kappa shape index (κ3) is 2.16. The summed E-state index contributed by atoms with van der Waals surface area (Å²) in [6, 6.07) is 9.85. The van der Waals surface area contributed by atoms with E-state index < -0.39 is 5.97 Å². The number of carbonyl (C=O) groups excluding carboxylic acids is 1. The van der Waals surface area contributed by atoms with Gasteiger partial charge in [-0.1, -0.05) is 42.0 Å². The molecular weight excluding hydrogens is 200 g/mol. The van der Waals surface area contributed by atoms with E-state index in [-0.39, 0.29) is 11.8 Å². The predicted octanol–water partition coefficient (Wildman–Crippen LogP) is 1.88. The molecule has 0 unspecified atom stereocenters. The lowest BCUT2D eigenvalue weighted by molar-refractivity contribution is -0.312. The minimum Gasteiger partial charge on any atom is -0.550 e. The lowest BCUT2D eigenvalue weighted by atomic mass is 9.76. The first-order valence-electron chi connectivity index (χ1n) is 5.60. The van der Waals surface area contributed by atoms with Crippen molar-refractivity contribution in [3.63, 3.8) is 0 Å². The quantitative estimate of drug-likeness (QED) is 0.707. The number of benzene rings is 1. The molecule has 84 valence electrons. The van der Waals surface area contributed by atoms with Crippen molar-refractivity contribution in [2.45, 2.75) is 25.7 Å². The lowest BCUT2D eigenvalue weighted by Gasteiger charge is -2.31. The molecule has 2 rings (SSSR count). The maximum atomic E-state index is 11.1. The molecule has 2 heteroatoms. The van der Waals surface area contributed by atoms with E-state index in [9.17, 15) is 9.90 Å². The molecule has 1 aliphatic carbocycles. The van der Waals surface area contributed by atoms with Gasteiger partial charge in [0.1, 0.15) is 0 Å². The van der Waals surface area contributed by atoms with Crippen molar-refractivity contribution < 1.29 is 9.90 Å². The molecule has 0 aromatic heterocycles. The molecular formula is C14H15O2-. The van der Waals surface area contributed by atoms with E-state index in [0.29, 0.717) is 6.42 Å². The second-order valence-electron chi connectivity index (χ2n) is 4.43. The number of carbonyl (C=O) groups is 1. The highest BCUT2D eigenvalue weighted by atomic mass is 16.4. The monoisotopic (exact) mass is 215 g/mol. The van der Waals surface area contributed by atoms with Crippen molar-refractivity contribution in [2.24, 2.45) is 5.92 Å². The van der Waals surface area contributed by atoms with E-state index in [1.165, 1.54) is 5.57 Å². The third-order valence-corrected chi connectivity index (χ3v) is 3.28. The lowest BCUT2D eigenvalue weighted by Crippen LogP contribution is -2.36. The van der Waals surface area contributed by atoms with Crippen LogP contribution in [0.25, 0.3) is 0 Å². The van der Waals surface area contributed by atoms with Gasteiger partial charge >= 0.3 is 0 Å². The van der Waals surface area contributed by atoms with Gasteiger partial charge in [0, 0.05) is 11.9 Å². The van der Waals surface area contributed by atoms with Crippen LogP contribution in [0.2, 0.25) is 0 Å². The Morgan fingerprint density at radius 2 is 2.00 bits per heavy atom. The Bertz CT molecular complexity index is 406. The molecule has 0 amide bonds. The number of aliphatic carboxylic acids is 1. The maximum absolute atomic E-state index is 11.1. The maximum Gasteiger partial charge on any atom is 0.0454 e. The van der Waals surface area contributed by atoms with Crippen LogP contribution in [0.5, 0.6) is 0 Å². The van der Waals surface area contributed by atoms with Crippen LogP contribution < -0.4 is 5.11 Å². The van der Waals surface area contributed by atoms with E-state index in [1.807, 2.05) is 36.4 Å². The van der Waals surface area contributed by atoms with E-state index in [4.69, 9.17) is 0 Å². The van der Waals surface area contributed by atoms with Gasteiger partial charge in [-0.25, -0.2) is 0 Å². The summed E-state index contributed by atoms with van der Waals surface area (Å²) >= 11 is 0. The fraction of sp³-hybridized carbons (Fsp3) is 0.357. The molecule has 16 heavy (non-hydrogen) atoms. The van der Waals surface area contributed by atoms with Gasteiger partial charge in [-0.15, -0.1) is 0 Å². The van der Waals surface area contributed by atoms with Gasteiger partial charge in [0.05, 0.1) is 0 Å². The fourth-order valence-electron chi connectivity index (χ4n) is 2.38. The number of hydrogen-bond donors (Lipinski definition) is 0. The average molecular weight is 215 g/mol. The van der Waals surface area contributed by atoms with Gasteiger partial charge in [0.15, 0.2) is 0 Å². The number of allylic oxidation sites excluding steroid dienone is 2. The van der Waals surface area contributed by atoms with Crippen LogP contribution in [-0.4, -0.2) is 5.97 Å². The molecule has 1 aromatic rings. The highest BCUT2D eigenvalue weighted by Crippen LogP contribution is 2.36. The predicted molar refractivity (Wildman–Crippen MR) is 60.7 cm³/mol. The standard InChI is InChI=1S/C14H16O2/c1-10-7-8-12(14(15)16)13(9-10)11-5-3-2-4-6-11/h2-7,12-13H,8-9H2,1H3,(H,15,16)/p-1/t12-,13+/m0/s1. The van der Waals surface area contributed by atoms with Crippen molar-refractivity contribution in [1.82, 2.24) is 0 Å². The van der Waals surface area contributed by atoms with E-state index in [1.54, 1.807) is 0 Å². The van der Waals surface area contributed by atoms with Crippen molar-refractivity contribution in [1.29, 1.82) is 0 Å². The molecule has 0 heterocycles. The summed E-state index contributed by atoms with van der Waals surface area (Å²) < 4.78 is 0. The van der Waals surface area contributed by atoms with Crippen LogP contribution in [0.15, 0.2) is 42.0 Å². The summed E-state index contributed by atoms with van der Waals surface area (Å²) in [6.45, 7) is 2.06. The summed E-state index contributed by atoms with van der Waals surface area (Å²) in [5, 5.41) is 11.1. The molecule has 0 aliphatic heterocycles. The molecule has 1 aliphatic rings. The molecule has 0 N–H and O–H groups in total. The summed E-state index contributed by atoms with van der Waals surface area (Å²) in [7, 11) is 0. The van der Waals surface area contributed by atoms with E-state index in [0.717, 1.165) is 12.0 Å². The molecule has 1 aromatic carbocycles. The first-order chi connectivity index (χ1) is 7.68. The van der Waals surface area contributed by atoms with E-state index >= 15 is 0 Å². The topological polar surface area (TPSA) is 40.1 Å². The Hall–Kier alpha value is -1.57. The minimum absolute atomic E-state index is 0.0659. The third-order valence-electron chi connectivity index (χ3n) is 3.28. The SMILES string of the molecule is CC1=CC[C@H](C(=O)[O-])[C@@H](c2ccccc2)C1. The molecule has 0 spiro atoms. The first kappa shape index (κ1) is 10.9. The van der Waals surface area contributed by atoms with Gasteiger partial charge in [0.25, 0.3) is 0 Å². The zero-order chi connectivity index (χ0) is 11.5. The Morgan fingerprint density at radius 3 is 2.62 bits per heavy atom. The second kappa shape index (κ2) is 4.52.